The lowest BCUT2D eigenvalue weighted by atomic mass is 10.1. The van der Waals surface area contributed by atoms with Gasteiger partial charge in [0, 0.05) is 16.1 Å². The van der Waals surface area contributed by atoms with Crippen LogP contribution in [0.2, 0.25) is 10.0 Å². The van der Waals surface area contributed by atoms with Crippen LogP contribution in [0.25, 0.3) is 0 Å². The topological polar surface area (TPSA) is 55.4 Å². The summed E-state index contributed by atoms with van der Waals surface area (Å²) in [5.74, 6) is -0.831. The zero-order valence-corrected chi connectivity index (χ0v) is 16.0. The van der Waals surface area contributed by atoms with Gasteiger partial charge < -0.3 is 10.1 Å². The molecular weight excluding hydrogens is 373 g/mol. The van der Waals surface area contributed by atoms with Gasteiger partial charge in [-0.25, -0.2) is 0 Å². The number of rotatable bonds is 8. The van der Waals surface area contributed by atoms with Crippen LogP contribution >= 0.6 is 23.2 Å². The molecule has 1 atom stereocenters. The number of nitrogens with one attached hydrogen (secondary N) is 1. The smallest absolute Gasteiger partial charge is 0.310 e. The summed E-state index contributed by atoms with van der Waals surface area (Å²) in [4.78, 5) is 23.8. The summed E-state index contributed by atoms with van der Waals surface area (Å²) in [5.41, 5.74) is 1.83. The van der Waals surface area contributed by atoms with Gasteiger partial charge in [0.1, 0.15) is 0 Å². The number of amides is 1. The molecule has 0 radical (unpaired) electrons. The molecule has 2 rings (SSSR count). The first-order valence-corrected chi connectivity index (χ1v) is 9.12. The molecule has 0 unspecified atom stereocenters. The number of hydrogen-bond acceptors (Lipinski definition) is 3. The van der Waals surface area contributed by atoms with Gasteiger partial charge in [-0.3, -0.25) is 9.59 Å². The van der Waals surface area contributed by atoms with Crippen LogP contribution < -0.4 is 5.32 Å². The van der Waals surface area contributed by atoms with Crippen molar-refractivity contribution in [2.45, 2.75) is 32.2 Å². The van der Waals surface area contributed by atoms with E-state index < -0.39 is 5.97 Å². The SMILES string of the molecule is C[C@H](CCc1ccccc1)NC(=O)COC(=O)Cc1ccc(Cl)cc1Cl. The van der Waals surface area contributed by atoms with Gasteiger partial charge in [0.25, 0.3) is 5.91 Å². The highest BCUT2D eigenvalue weighted by molar-refractivity contribution is 6.35. The van der Waals surface area contributed by atoms with Gasteiger partial charge in [0.05, 0.1) is 6.42 Å². The zero-order chi connectivity index (χ0) is 18.9. The van der Waals surface area contributed by atoms with Crippen LogP contribution in [0.15, 0.2) is 48.5 Å². The lowest BCUT2D eigenvalue weighted by Gasteiger charge is -2.14. The molecule has 0 spiro atoms. The molecule has 4 nitrogen and oxygen atoms in total. The highest BCUT2D eigenvalue weighted by Crippen LogP contribution is 2.21. The monoisotopic (exact) mass is 393 g/mol. The number of benzene rings is 2. The molecular formula is C20H21Cl2NO3. The number of ether oxygens (including phenoxy) is 1. The molecule has 0 aliphatic rings. The number of aryl methyl sites for hydroxylation is 1. The molecule has 0 aromatic heterocycles. The predicted molar refractivity (Wildman–Crippen MR) is 103 cm³/mol. The Bertz CT molecular complexity index is 750. The van der Waals surface area contributed by atoms with Crippen molar-refractivity contribution < 1.29 is 14.3 Å². The fourth-order valence-electron chi connectivity index (χ4n) is 2.43. The van der Waals surface area contributed by atoms with E-state index in [4.69, 9.17) is 27.9 Å². The Morgan fingerprint density at radius 3 is 2.54 bits per heavy atom. The van der Waals surface area contributed by atoms with Crippen LogP contribution in [-0.2, 0) is 27.2 Å². The van der Waals surface area contributed by atoms with Crippen LogP contribution in [0, 0.1) is 0 Å². The van der Waals surface area contributed by atoms with Crippen molar-refractivity contribution in [2.75, 3.05) is 6.61 Å². The number of esters is 1. The largest absolute Gasteiger partial charge is 0.455 e. The fraction of sp³-hybridized carbons (Fsp3) is 0.300. The van der Waals surface area contributed by atoms with Crippen molar-refractivity contribution in [3.8, 4) is 0 Å². The second kappa shape index (κ2) is 10.2. The van der Waals surface area contributed by atoms with Gasteiger partial charge in [-0.1, -0.05) is 59.6 Å². The third kappa shape index (κ3) is 7.06. The molecule has 1 amide bonds. The van der Waals surface area contributed by atoms with E-state index in [-0.39, 0.29) is 25.0 Å². The first-order chi connectivity index (χ1) is 12.4. The van der Waals surface area contributed by atoms with E-state index in [0.717, 1.165) is 12.8 Å². The predicted octanol–water partition coefficient (Wildman–Crippen LogP) is 4.22. The fourth-order valence-corrected chi connectivity index (χ4v) is 2.91. The van der Waals surface area contributed by atoms with Crippen molar-refractivity contribution in [1.29, 1.82) is 0 Å². The lowest BCUT2D eigenvalue weighted by Crippen LogP contribution is -2.36. The minimum Gasteiger partial charge on any atom is -0.455 e. The van der Waals surface area contributed by atoms with Crippen molar-refractivity contribution in [3.05, 3.63) is 69.7 Å². The lowest BCUT2D eigenvalue weighted by molar-refractivity contribution is -0.148. The molecule has 138 valence electrons. The third-order valence-electron chi connectivity index (χ3n) is 3.83. The van der Waals surface area contributed by atoms with Crippen LogP contribution in [0.1, 0.15) is 24.5 Å². The normalized spacial score (nSPS) is 11.7. The maximum atomic E-state index is 11.9. The molecule has 1 N–H and O–H groups in total. The second-order valence-corrected chi connectivity index (χ2v) is 6.91. The Kier molecular flexibility index (Phi) is 7.95. The van der Waals surface area contributed by atoms with Crippen LogP contribution in [0.5, 0.6) is 0 Å². The minimum absolute atomic E-state index is 0.00710. The highest BCUT2D eigenvalue weighted by atomic mass is 35.5. The standard InChI is InChI=1S/C20H21Cl2NO3/c1-14(7-8-15-5-3-2-4-6-15)23-19(24)13-26-20(25)11-16-9-10-17(21)12-18(16)22/h2-6,9-10,12,14H,7-8,11,13H2,1H3,(H,23,24)/t14-/m1/s1. The van der Waals surface area contributed by atoms with E-state index in [1.807, 2.05) is 25.1 Å². The molecule has 26 heavy (non-hydrogen) atoms. The summed E-state index contributed by atoms with van der Waals surface area (Å²) in [5, 5.41) is 3.72. The Balaban J connectivity index is 1.69. The van der Waals surface area contributed by atoms with Crippen molar-refractivity contribution in [3.63, 3.8) is 0 Å². The average molecular weight is 394 g/mol. The van der Waals surface area contributed by atoms with Gasteiger partial charge in [-0.05, 0) is 43.0 Å². The van der Waals surface area contributed by atoms with E-state index in [1.54, 1.807) is 18.2 Å². The molecule has 0 heterocycles. The Morgan fingerprint density at radius 2 is 1.85 bits per heavy atom. The molecule has 2 aromatic rings. The maximum absolute atomic E-state index is 11.9. The van der Waals surface area contributed by atoms with Crippen molar-refractivity contribution in [2.24, 2.45) is 0 Å². The van der Waals surface area contributed by atoms with Crippen molar-refractivity contribution in [1.82, 2.24) is 5.32 Å². The van der Waals surface area contributed by atoms with Crippen LogP contribution in [-0.4, -0.2) is 24.5 Å². The maximum Gasteiger partial charge on any atom is 0.310 e. The molecule has 0 saturated heterocycles. The summed E-state index contributed by atoms with van der Waals surface area (Å²) >= 11 is 11.8. The molecule has 0 aliphatic heterocycles. The second-order valence-electron chi connectivity index (χ2n) is 6.07. The molecule has 0 saturated carbocycles. The molecule has 0 fully saturated rings. The third-order valence-corrected chi connectivity index (χ3v) is 4.42. The highest BCUT2D eigenvalue weighted by Gasteiger charge is 2.13. The summed E-state index contributed by atoms with van der Waals surface area (Å²) in [6, 6.07) is 14.9. The van der Waals surface area contributed by atoms with Gasteiger partial charge in [-0.15, -0.1) is 0 Å². The number of carbonyl (C=O) groups is 2. The van der Waals surface area contributed by atoms with E-state index >= 15 is 0 Å². The Labute approximate surface area is 163 Å². The first-order valence-electron chi connectivity index (χ1n) is 8.37. The molecule has 6 heteroatoms. The summed E-state index contributed by atoms with van der Waals surface area (Å²) in [6.07, 6.45) is 1.67. The van der Waals surface area contributed by atoms with E-state index in [2.05, 4.69) is 17.4 Å². The Hall–Kier alpha value is -2.04. The zero-order valence-electron chi connectivity index (χ0n) is 14.5. The quantitative estimate of drug-likeness (QED) is 0.683. The molecule has 0 aliphatic carbocycles. The van der Waals surface area contributed by atoms with E-state index in [9.17, 15) is 9.59 Å². The van der Waals surface area contributed by atoms with Gasteiger partial charge in [0.15, 0.2) is 6.61 Å². The molecule has 0 bridgehead atoms. The number of hydrogen-bond donors (Lipinski definition) is 1. The van der Waals surface area contributed by atoms with Gasteiger partial charge in [0.2, 0.25) is 0 Å². The van der Waals surface area contributed by atoms with Gasteiger partial charge in [-0.2, -0.15) is 0 Å². The first kappa shape index (κ1) is 20.3. The Morgan fingerprint density at radius 1 is 1.12 bits per heavy atom. The van der Waals surface area contributed by atoms with Crippen molar-refractivity contribution >= 4 is 35.1 Å². The molecule has 2 aromatic carbocycles. The number of halogens is 2. The summed E-state index contributed by atoms with van der Waals surface area (Å²) in [7, 11) is 0. The summed E-state index contributed by atoms with van der Waals surface area (Å²) < 4.78 is 5.01. The van der Waals surface area contributed by atoms with Crippen LogP contribution in [0.4, 0.5) is 0 Å². The summed E-state index contributed by atoms with van der Waals surface area (Å²) in [6.45, 7) is 1.62. The van der Waals surface area contributed by atoms with E-state index in [1.165, 1.54) is 5.56 Å². The number of carbonyl (C=O) groups excluding carboxylic acids is 2. The van der Waals surface area contributed by atoms with Gasteiger partial charge >= 0.3 is 5.97 Å². The minimum atomic E-state index is -0.513. The van der Waals surface area contributed by atoms with Crippen LogP contribution in [0.3, 0.4) is 0 Å². The van der Waals surface area contributed by atoms with E-state index in [0.29, 0.717) is 15.6 Å². The average Bonchev–Trinajstić information content (AvgIpc) is 2.61.